The molecule has 0 aromatic heterocycles. The topological polar surface area (TPSA) is 27.7 Å². The van der Waals surface area contributed by atoms with Crippen molar-refractivity contribution in [1.29, 1.82) is 0 Å². The highest BCUT2D eigenvalue weighted by atomic mass is 31.1. The van der Waals surface area contributed by atoms with Gasteiger partial charge in [-0.1, -0.05) is 13.8 Å². The van der Waals surface area contributed by atoms with Gasteiger partial charge in [-0.05, 0) is 19.2 Å². The van der Waals surface area contributed by atoms with Gasteiger partial charge in [0.1, 0.15) is 0 Å². The monoisotopic (exact) mass is 238 g/mol. The minimum absolute atomic E-state index is 0.0606. The maximum absolute atomic E-state index is 5.52. The summed E-state index contributed by atoms with van der Waals surface area (Å²) in [4.78, 5) is 0. The van der Waals surface area contributed by atoms with Gasteiger partial charge in [0, 0.05) is 26.6 Å². The summed E-state index contributed by atoms with van der Waals surface area (Å²) < 4.78 is 16.6. The zero-order valence-electron chi connectivity index (χ0n) is 10.2. The fraction of sp³-hybridized carbons (Fsp3) is 1.00. The molecule has 0 aliphatic carbocycles. The second-order valence-corrected chi connectivity index (χ2v) is 9.60. The molecule has 86 valence electrons. The maximum atomic E-state index is 5.52. The van der Waals surface area contributed by atoms with Crippen LogP contribution in [-0.4, -0.2) is 48.2 Å². The second-order valence-electron chi connectivity index (χ2n) is 3.21. The van der Waals surface area contributed by atoms with Gasteiger partial charge in [0.2, 0.25) is 0 Å². The predicted octanol–water partition coefficient (Wildman–Crippen LogP) is 2.31. The van der Waals surface area contributed by atoms with Gasteiger partial charge in [-0.15, -0.1) is 7.92 Å². The van der Waals surface area contributed by atoms with Gasteiger partial charge in [-0.25, -0.2) is 0 Å². The largest absolute Gasteiger partial charge is 0.507 e. The highest BCUT2D eigenvalue weighted by Gasteiger charge is 2.48. The summed E-state index contributed by atoms with van der Waals surface area (Å²) in [7, 11) is 2.62. The Morgan fingerprint density at radius 1 is 1.07 bits per heavy atom. The SMILES string of the molecule is CCC(P(C)CC)[Si](OC)(OC)OC. The summed E-state index contributed by atoms with van der Waals surface area (Å²) in [6.45, 7) is 6.69. The summed E-state index contributed by atoms with van der Waals surface area (Å²) >= 11 is 0. The van der Waals surface area contributed by atoms with E-state index in [9.17, 15) is 0 Å². The van der Waals surface area contributed by atoms with Crippen molar-refractivity contribution in [2.45, 2.75) is 25.6 Å². The molecule has 0 saturated carbocycles. The van der Waals surface area contributed by atoms with Gasteiger partial charge >= 0.3 is 8.80 Å². The highest BCUT2D eigenvalue weighted by molar-refractivity contribution is 7.60. The van der Waals surface area contributed by atoms with E-state index in [4.69, 9.17) is 13.3 Å². The average Bonchev–Trinajstić information content (AvgIpc) is 2.25. The van der Waals surface area contributed by atoms with Crippen LogP contribution in [0, 0.1) is 0 Å². The van der Waals surface area contributed by atoms with Crippen molar-refractivity contribution in [2.75, 3.05) is 34.2 Å². The van der Waals surface area contributed by atoms with Crippen LogP contribution < -0.4 is 0 Å². The van der Waals surface area contributed by atoms with Crippen LogP contribution in [0.4, 0.5) is 0 Å². The summed E-state index contributed by atoms with van der Waals surface area (Å²) in [6.07, 6.45) is 2.26. The highest BCUT2D eigenvalue weighted by Crippen LogP contribution is 2.43. The molecule has 0 aromatic carbocycles. The van der Waals surface area contributed by atoms with E-state index in [0.29, 0.717) is 5.28 Å². The summed E-state index contributed by atoms with van der Waals surface area (Å²) in [6, 6.07) is 0. The number of hydrogen-bond acceptors (Lipinski definition) is 3. The van der Waals surface area contributed by atoms with E-state index in [1.54, 1.807) is 21.3 Å². The van der Waals surface area contributed by atoms with E-state index in [-0.39, 0.29) is 7.92 Å². The predicted molar refractivity (Wildman–Crippen MR) is 64.2 cm³/mol. The molecule has 0 heterocycles. The first kappa shape index (κ1) is 14.5. The summed E-state index contributed by atoms with van der Waals surface area (Å²) in [5, 5.41) is 0.461. The molecule has 0 spiro atoms. The molecule has 0 bridgehead atoms. The Hall–Kier alpha value is 0.527. The normalized spacial score (nSPS) is 16.7. The molecule has 0 aliphatic rings. The van der Waals surface area contributed by atoms with Crippen molar-refractivity contribution in [1.82, 2.24) is 0 Å². The van der Waals surface area contributed by atoms with Gasteiger partial charge in [-0.2, -0.15) is 0 Å². The second kappa shape index (κ2) is 6.91. The van der Waals surface area contributed by atoms with Gasteiger partial charge in [-0.3, -0.25) is 0 Å². The molecule has 0 amide bonds. The third-order valence-corrected chi connectivity index (χ3v) is 10.3. The van der Waals surface area contributed by atoms with Crippen LogP contribution in [0.2, 0.25) is 0 Å². The summed E-state index contributed by atoms with van der Waals surface area (Å²) in [5.41, 5.74) is 0. The number of hydrogen-bond donors (Lipinski definition) is 0. The van der Waals surface area contributed by atoms with Crippen LogP contribution >= 0.6 is 7.92 Å². The fourth-order valence-electron chi connectivity index (χ4n) is 1.71. The number of rotatable bonds is 7. The van der Waals surface area contributed by atoms with E-state index < -0.39 is 8.80 Å². The lowest BCUT2D eigenvalue weighted by Gasteiger charge is -2.35. The van der Waals surface area contributed by atoms with E-state index in [1.807, 2.05) is 0 Å². The van der Waals surface area contributed by atoms with Gasteiger partial charge in [0.15, 0.2) is 0 Å². The summed E-state index contributed by atoms with van der Waals surface area (Å²) in [5.74, 6) is 0. The lowest BCUT2D eigenvalue weighted by Crippen LogP contribution is -2.53. The van der Waals surface area contributed by atoms with Crippen LogP contribution in [0.25, 0.3) is 0 Å². The molecule has 0 rings (SSSR count). The molecule has 0 radical (unpaired) electrons. The molecule has 2 unspecified atom stereocenters. The molecule has 14 heavy (non-hydrogen) atoms. The van der Waals surface area contributed by atoms with Crippen LogP contribution in [0.15, 0.2) is 0 Å². The molecular weight excluding hydrogens is 215 g/mol. The van der Waals surface area contributed by atoms with E-state index in [2.05, 4.69) is 20.5 Å². The quantitative estimate of drug-likeness (QED) is 0.503. The van der Waals surface area contributed by atoms with Gasteiger partial charge in [0.05, 0.1) is 0 Å². The smallest absolute Gasteiger partial charge is 0.376 e. The minimum atomic E-state index is -2.40. The van der Waals surface area contributed by atoms with E-state index in [0.717, 1.165) is 6.42 Å². The van der Waals surface area contributed by atoms with Crippen LogP contribution in [-0.2, 0) is 13.3 Å². The minimum Gasteiger partial charge on any atom is -0.376 e. The van der Waals surface area contributed by atoms with E-state index >= 15 is 0 Å². The van der Waals surface area contributed by atoms with Crippen molar-refractivity contribution in [3.8, 4) is 0 Å². The first-order chi connectivity index (χ1) is 6.61. The third-order valence-electron chi connectivity index (χ3n) is 2.68. The molecule has 2 atom stereocenters. The van der Waals surface area contributed by atoms with Gasteiger partial charge in [0.25, 0.3) is 0 Å². The Balaban J connectivity index is 4.73. The van der Waals surface area contributed by atoms with Crippen molar-refractivity contribution >= 4 is 16.7 Å². The van der Waals surface area contributed by atoms with Crippen molar-refractivity contribution in [3.05, 3.63) is 0 Å². The van der Waals surface area contributed by atoms with Crippen molar-refractivity contribution in [3.63, 3.8) is 0 Å². The standard InChI is InChI=1S/C9H23O3PSi/c1-7-9(13(6)8-2)14(10-3,11-4)12-5/h9H,7-8H2,1-6H3. The Morgan fingerprint density at radius 3 is 1.71 bits per heavy atom. The lowest BCUT2D eigenvalue weighted by atomic mass is 10.6. The third kappa shape index (κ3) is 3.01. The molecule has 3 nitrogen and oxygen atoms in total. The van der Waals surface area contributed by atoms with Crippen LogP contribution in [0.1, 0.15) is 20.3 Å². The van der Waals surface area contributed by atoms with Crippen LogP contribution in [0.5, 0.6) is 0 Å². The Labute approximate surface area is 90.3 Å². The Morgan fingerprint density at radius 2 is 1.50 bits per heavy atom. The molecule has 0 aromatic rings. The van der Waals surface area contributed by atoms with Gasteiger partial charge < -0.3 is 13.3 Å². The first-order valence-corrected chi connectivity index (χ1v) is 8.82. The molecule has 5 heteroatoms. The van der Waals surface area contributed by atoms with Crippen LogP contribution in [0.3, 0.4) is 0 Å². The maximum Gasteiger partial charge on any atom is 0.507 e. The zero-order valence-corrected chi connectivity index (χ0v) is 12.1. The first-order valence-electron chi connectivity index (χ1n) is 4.97. The lowest BCUT2D eigenvalue weighted by molar-refractivity contribution is 0.120. The fourth-order valence-corrected chi connectivity index (χ4v) is 8.25. The molecule has 0 N–H and O–H groups in total. The van der Waals surface area contributed by atoms with Crippen molar-refractivity contribution in [2.24, 2.45) is 0 Å². The Bertz CT molecular complexity index is 145. The molecule has 0 aliphatic heterocycles. The molecular formula is C9H23O3PSi. The van der Waals surface area contributed by atoms with E-state index in [1.165, 1.54) is 6.16 Å². The van der Waals surface area contributed by atoms with Crippen molar-refractivity contribution < 1.29 is 13.3 Å². The zero-order chi connectivity index (χ0) is 11.2. The molecule has 0 fully saturated rings. The molecule has 0 saturated heterocycles. The average molecular weight is 238 g/mol. The Kier molecular flexibility index (Phi) is 7.17.